The van der Waals surface area contributed by atoms with Crippen molar-refractivity contribution in [3.8, 4) is 5.88 Å². The fraction of sp³-hybridized carbons (Fsp3) is 0.762. The summed E-state index contributed by atoms with van der Waals surface area (Å²) >= 11 is 2.91. The third kappa shape index (κ3) is 7.21. The number of esters is 1. The topological polar surface area (TPSA) is 89.0 Å². The van der Waals surface area contributed by atoms with Crippen LogP contribution in [0.15, 0.2) is 6.08 Å². The zero-order valence-electron chi connectivity index (χ0n) is 18.9. The SMILES string of the molecule is CCCCCCOc1nsnc1C1=CCC[N+](C)([C@@H](C)OC(=O)[C@@H]([NH3+])CCSC)C1. The van der Waals surface area contributed by atoms with Crippen molar-refractivity contribution in [2.75, 3.05) is 38.8 Å². The van der Waals surface area contributed by atoms with Gasteiger partial charge in [-0.2, -0.15) is 16.1 Å². The highest BCUT2D eigenvalue weighted by molar-refractivity contribution is 7.98. The molecule has 0 saturated carbocycles. The minimum Gasteiger partial charge on any atom is -0.475 e. The van der Waals surface area contributed by atoms with Crippen LogP contribution >= 0.6 is 23.5 Å². The van der Waals surface area contributed by atoms with Gasteiger partial charge in [-0.25, -0.2) is 4.79 Å². The molecule has 0 bridgehead atoms. The first kappa shape index (κ1) is 25.1. The first-order valence-electron chi connectivity index (χ1n) is 10.9. The van der Waals surface area contributed by atoms with Gasteiger partial charge in [0.25, 0.3) is 5.88 Å². The van der Waals surface area contributed by atoms with Crippen molar-refractivity contribution < 1.29 is 24.5 Å². The van der Waals surface area contributed by atoms with E-state index in [2.05, 4.69) is 34.5 Å². The smallest absolute Gasteiger partial charge is 0.369 e. The second-order valence-electron chi connectivity index (χ2n) is 8.22. The van der Waals surface area contributed by atoms with Crippen molar-refractivity contribution in [3.05, 3.63) is 11.8 Å². The summed E-state index contributed by atoms with van der Waals surface area (Å²) in [4.78, 5) is 12.4. The van der Waals surface area contributed by atoms with Gasteiger partial charge in [0.1, 0.15) is 12.2 Å². The van der Waals surface area contributed by atoms with Crippen LogP contribution < -0.4 is 10.5 Å². The summed E-state index contributed by atoms with van der Waals surface area (Å²) < 4.78 is 21.3. The normalized spacial score (nSPS) is 21.0. The summed E-state index contributed by atoms with van der Waals surface area (Å²) in [6.07, 6.45) is 10.3. The molecule has 170 valence electrons. The summed E-state index contributed by atoms with van der Waals surface area (Å²) in [5, 5.41) is 0. The molecule has 9 heteroatoms. The van der Waals surface area contributed by atoms with Crippen LogP contribution in [0.1, 0.15) is 58.1 Å². The molecule has 0 spiro atoms. The van der Waals surface area contributed by atoms with E-state index in [9.17, 15) is 4.79 Å². The van der Waals surface area contributed by atoms with E-state index in [1.165, 1.54) is 31.0 Å². The monoisotopic (exact) mass is 458 g/mol. The maximum absolute atomic E-state index is 12.4. The number of nitrogens with zero attached hydrogens (tertiary/aromatic N) is 3. The lowest BCUT2D eigenvalue weighted by molar-refractivity contribution is -0.944. The molecular weight excluding hydrogens is 420 g/mol. The Morgan fingerprint density at radius 1 is 1.37 bits per heavy atom. The average Bonchev–Trinajstić information content (AvgIpc) is 3.20. The van der Waals surface area contributed by atoms with Gasteiger partial charge in [0.05, 0.1) is 31.9 Å². The third-order valence-electron chi connectivity index (χ3n) is 5.73. The standard InChI is InChI=1S/C21H37N4O3S2/c1-5-6-7-8-13-27-20-19(23-30-24-20)17-10-9-12-25(3,15-17)16(2)28-21(26)18(22)11-14-29-4/h10,16,18H,5-9,11-15,22H2,1-4H3/q+1/p+1/t16-,18+,25?/m1/s1. The number of carbonyl (C=O) groups is 1. The van der Waals surface area contributed by atoms with Crippen LogP contribution in [0, 0.1) is 0 Å². The Kier molecular flexibility index (Phi) is 10.6. The van der Waals surface area contributed by atoms with Gasteiger partial charge in [0, 0.05) is 25.3 Å². The van der Waals surface area contributed by atoms with Crippen LogP contribution in [0.4, 0.5) is 0 Å². The molecule has 2 heterocycles. The minimum atomic E-state index is -0.318. The number of hydrogen-bond acceptors (Lipinski definition) is 7. The molecule has 7 nitrogen and oxygen atoms in total. The summed E-state index contributed by atoms with van der Waals surface area (Å²) in [6.45, 7) is 6.50. The number of unbranched alkanes of at least 4 members (excludes halogenated alkanes) is 3. The fourth-order valence-corrected chi connectivity index (χ4v) is 4.54. The Hall–Kier alpha value is -1.16. The van der Waals surface area contributed by atoms with Crippen LogP contribution in [-0.4, -0.2) is 70.2 Å². The first-order chi connectivity index (χ1) is 14.4. The molecule has 30 heavy (non-hydrogen) atoms. The maximum Gasteiger partial charge on any atom is 0.369 e. The summed E-state index contributed by atoms with van der Waals surface area (Å²) in [5.41, 5.74) is 5.93. The van der Waals surface area contributed by atoms with Gasteiger partial charge in [-0.05, 0) is 18.4 Å². The van der Waals surface area contributed by atoms with Crippen molar-refractivity contribution in [3.63, 3.8) is 0 Å². The number of hydrogen-bond donors (Lipinski definition) is 1. The molecule has 0 saturated heterocycles. The average molecular weight is 459 g/mol. The van der Waals surface area contributed by atoms with Crippen LogP contribution in [0.5, 0.6) is 5.88 Å². The molecule has 0 fully saturated rings. The summed E-state index contributed by atoms with van der Waals surface area (Å²) in [5.74, 6) is 1.34. The number of quaternary nitrogens is 2. The van der Waals surface area contributed by atoms with E-state index < -0.39 is 0 Å². The van der Waals surface area contributed by atoms with E-state index in [0.29, 0.717) is 17.0 Å². The van der Waals surface area contributed by atoms with E-state index in [1.807, 2.05) is 13.2 Å². The Balaban J connectivity index is 1.96. The molecule has 1 aromatic rings. The summed E-state index contributed by atoms with van der Waals surface area (Å²) in [6, 6.07) is -0.318. The van der Waals surface area contributed by atoms with Crippen LogP contribution in [0.2, 0.25) is 0 Å². The Labute approximate surface area is 189 Å². The number of aromatic nitrogens is 2. The maximum atomic E-state index is 12.4. The van der Waals surface area contributed by atoms with Crippen LogP contribution in [0.25, 0.3) is 5.57 Å². The zero-order chi connectivity index (χ0) is 22.0. The zero-order valence-corrected chi connectivity index (χ0v) is 20.5. The van der Waals surface area contributed by atoms with Gasteiger partial charge in [0.15, 0.2) is 6.04 Å². The molecule has 0 amide bonds. The van der Waals surface area contributed by atoms with E-state index >= 15 is 0 Å². The van der Waals surface area contributed by atoms with Crippen molar-refractivity contribution in [2.45, 2.75) is 64.6 Å². The van der Waals surface area contributed by atoms with Gasteiger partial charge in [0.2, 0.25) is 6.23 Å². The predicted octanol–water partition coefficient (Wildman–Crippen LogP) is 2.98. The van der Waals surface area contributed by atoms with Crippen molar-refractivity contribution in [1.82, 2.24) is 8.75 Å². The highest BCUT2D eigenvalue weighted by Gasteiger charge is 2.37. The lowest BCUT2D eigenvalue weighted by atomic mass is 10.0. The Morgan fingerprint density at radius 3 is 2.90 bits per heavy atom. The number of ether oxygens (including phenoxy) is 2. The molecule has 0 aromatic carbocycles. The molecule has 0 radical (unpaired) electrons. The fourth-order valence-electron chi connectivity index (χ4n) is 3.49. The molecule has 0 aliphatic carbocycles. The first-order valence-corrected chi connectivity index (χ1v) is 13.0. The predicted molar refractivity (Wildman–Crippen MR) is 123 cm³/mol. The highest BCUT2D eigenvalue weighted by Crippen LogP contribution is 2.31. The summed E-state index contributed by atoms with van der Waals surface area (Å²) in [7, 11) is 2.13. The molecule has 1 aliphatic heterocycles. The van der Waals surface area contributed by atoms with Crippen LogP contribution in [-0.2, 0) is 9.53 Å². The van der Waals surface area contributed by atoms with E-state index in [4.69, 9.17) is 9.47 Å². The van der Waals surface area contributed by atoms with E-state index in [1.54, 1.807) is 11.8 Å². The number of rotatable bonds is 13. The molecule has 3 N–H and O–H groups in total. The van der Waals surface area contributed by atoms with E-state index in [0.717, 1.165) is 49.4 Å². The lowest BCUT2D eigenvalue weighted by Crippen LogP contribution is -2.67. The second-order valence-corrected chi connectivity index (χ2v) is 9.73. The Bertz CT molecular complexity index is 698. The molecule has 3 atom stereocenters. The van der Waals surface area contributed by atoms with Gasteiger partial charge in [-0.15, -0.1) is 4.37 Å². The minimum absolute atomic E-state index is 0.210. The lowest BCUT2D eigenvalue weighted by Gasteiger charge is -2.41. The number of thioether (sulfide) groups is 1. The molecule has 1 unspecified atom stereocenters. The largest absolute Gasteiger partial charge is 0.475 e. The van der Waals surface area contributed by atoms with Gasteiger partial charge in [-0.3, -0.25) is 4.48 Å². The van der Waals surface area contributed by atoms with Gasteiger partial charge < -0.3 is 15.2 Å². The van der Waals surface area contributed by atoms with Gasteiger partial charge >= 0.3 is 5.97 Å². The van der Waals surface area contributed by atoms with Crippen molar-refractivity contribution in [2.24, 2.45) is 0 Å². The van der Waals surface area contributed by atoms with Gasteiger partial charge in [-0.1, -0.05) is 32.3 Å². The number of carbonyl (C=O) groups excluding carboxylic acids is 1. The van der Waals surface area contributed by atoms with Crippen LogP contribution in [0.3, 0.4) is 0 Å². The Morgan fingerprint density at radius 2 is 2.17 bits per heavy atom. The molecule has 1 aromatic heterocycles. The number of likely N-dealkylation sites (N-methyl/N-ethyl adjacent to an activating group) is 1. The second kappa shape index (κ2) is 12.6. The third-order valence-corrected chi connectivity index (χ3v) is 6.89. The molecular formula is C21H38N4O3S2+2. The van der Waals surface area contributed by atoms with E-state index in [-0.39, 0.29) is 18.2 Å². The quantitative estimate of drug-likeness (QED) is 0.278. The highest BCUT2D eigenvalue weighted by atomic mass is 32.2. The van der Waals surface area contributed by atoms with Crippen molar-refractivity contribution >= 4 is 35.0 Å². The molecule has 2 rings (SSSR count). The molecule has 1 aliphatic rings. The van der Waals surface area contributed by atoms with Crippen molar-refractivity contribution in [1.29, 1.82) is 0 Å².